The third-order valence-electron chi connectivity index (χ3n) is 3.92. The first kappa shape index (κ1) is 14.1. The largest absolute Gasteiger partial charge is 0.496 e. The van der Waals surface area contributed by atoms with Gasteiger partial charge in [-0.05, 0) is 42.7 Å². The van der Waals surface area contributed by atoms with Gasteiger partial charge in [0.2, 0.25) is 0 Å². The van der Waals surface area contributed by atoms with E-state index in [0.29, 0.717) is 5.69 Å². The molecule has 0 aliphatic heterocycles. The summed E-state index contributed by atoms with van der Waals surface area (Å²) in [6.07, 6.45) is 1.69. The predicted molar refractivity (Wildman–Crippen MR) is 84.7 cm³/mol. The number of nitrogens with zero attached hydrogens (tertiary/aromatic N) is 4. The third-order valence-corrected chi connectivity index (χ3v) is 3.92. The van der Waals surface area contributed by atoms with Gasteiger partial charge < -0.3 is 4.74 Å². The van der Waals surface area contributed by atoms with Crippen molar-refractivity contribution in [3.05, 3.63) is 41.2 Å². The molecule has 0 saturated carbocycles. The Morgan fingerprint density at radius 3 is 2.73 bits per heavy atom. The molecule has 0 amide bonds. The Morgan fingerprint density at radius 2 is 2.05 bits per heavy atom. The maximum atomic E-state index is 9.25. The Hall–Kier alpha value is -2.87. The van der Waals surface area contributed by atoms with E-state index in [4.69, 9.17) is 4.74 Å². The average Bonchev–Trinajstić information content (AvgIpc) is 2.88. The minimum absolute atomic E-state index is 0.386. The number of aromatic nitrogens is 3. The number of fused-ring (bicyclic) bond motifs is 1. The lowest BCUT2D eigenvalue weighted by Gasteiger charge is -2.15. The molecule has 0 atom stereocenters. The zero-order valence-electron chi connectivity index (χ0n) is 13.0. The van der Waals surface area contributed by atoms with Crippen LogP contribution in [0.2, 0.25) is 0 Å². The lowest BCUT2D eigenvalue weighted by atomic mass is 9.94. The number of benzene rings is 1. The maximum Gasteiger partial charge on any atom is 0.142 e. The second-order valence-electron chi connectivity index (χ2n) is 5.25. The summed E-state index contributed by atoms with van der Waals surface area (Å²) in [6, 6.07) is 7.93. The predicted octanol–water partition coefficient (Wildman–Crippen LogP) is 3.13. The Kier molecular flexibility index (Phi) is 3.30. The van der Waals surface area contributed by atoms with E-state index >= 15 is 0 Å². The van der Waals surface area contributed by atoms with E-state index < -0.39 is 0 Å². The molecule has 110 valence electrons. The first-order valence-electron chi connectivity index (χ1n) is 6.94. The molecule has 0 aliphatic carbocycles. The van der Waals surface area contributed by atoms with Crippen molar-refractivity contribution in [2.24, 2.45) is 7.05 Å². The molecule has 0 fully saturated rings. The van der Waals surface area contributed by atoms with Crippen LogP contribution in [0, 0.1) is 25.2 Å². The summed E-state index contributed by atoms with van der Waals surface area (Å²) in [5.74, 6) is 0.825. The van der Waals surface area contributed by atoms with E-state index in [-0.39, 0.29) is 0 Å². The highest BCUT2D eigenvalue weighted by Crippen LogP contribution is 2.36. The van der Waals surface area contributed by atoms with E-state index in [9.17, 15) is 5.26 Å². The molecule has 0 bridgehead atoms. The smallest absolute Gasteiger partial charge is 0.142 e. The fraction of sp³-hybridized carbons (Fsp3) is 0.235. The fourth-order valence-corrected chi connectivity index (χ4v) is 2.90. The highest BCUT2D eigenvalue weighted by atomic mass is 16.5. The number of methoxy groups -OCH3 is 1. The van der Waals surface area contributed by atoms with Crippen molar-refractivity contribution < 1.29 is 4.74 Å². The number of hydrogen-bond donors (Lipinski definition) is 0. The average molecular weight is 292 g/mol. The molecule has 5 nitrogen and oxygen atoms in total. The van der Waals surface area contributed by atoms with Crippen molar-refractivity contribution in [3.8, 4) is 22.9 Å². The van der Waals surface area contributed by atoms with E-state index in [1.165, 1.54) is 0 Å². The molecule has 3 aromatic rings. The van der Waals surface area contributed by atoms with Crippen LogP contribution in [0.4, 0.5) is 0 Å². The van der Waals surface area contributed by atoms with Gasteiger partial charge in [0.15, 0.2) is 0 Å². The van der Waals surface area contributed by atoms with E-state index in [2.05, 4.69) is 23.1 Å². The summed E-state index contributed by atoms with van der Waals surface area (Å²) in [5, 5.41) is 13.5. The zero-order chi connectivity index (χ0) is 15.9. The molecule has 0 saturated heterocycles. The Labute approximate surface area is 128 Å². The summed E-state index contributed by atoms with van der Waals surface area (Å²) < 4.78 is 7.23. The molecule has 0 unspecified atom stereocenters. The van der Waals surface area contributed by atoms with Crippen LogP contribution in [0.15, 0.2) is 24.4 Å². The van der Waals surface area contributed by atoms with Gasteiger partial charge in [-0.15, -0.1) is 0 Å². The van der Waals surface area contributed by atoms with Crippen LogP contribution in [0.25, 0.3) is 22.2 Å². The molecule has 1 aromatic carbocycles. The van der Waals surface area contributed by atoms with Gasteiger partial charge in [-0.25, -0.2) is 4.98 Å². The van der Waals surface area contributed by atoms with Crippen LogP contribution >= 0.6 is 0 Å². The van der Waals surface area contributed by atoms with Crippen molar-refractivity contribution in [3.63, 3.8) is 0 Å². The summed E-state index contributed by atoms with van der Waals surface area (Å²) >= 11 is 0. The minimum atomic E-state index is 0.386. The zero-order valence-corrected chi connectivity index (χ0v) is 13.0. The van der Waals surface area contributed by atoms with Crippen molar-refractivity contribution in [1.82, 2.24) is 14.8 Å². The van der Waals surface area contributed by atoms with Crippen molar-refractivity contribution >= 4 is 11.0 Å². The summed E-state index contributed by atoms with van der Waals surface area (Å²) in [6.45, 7) is 4.08. The van der Waals surface area contributed by atoms with Gasteiger partial charge in [0.05, 0.1) is 18.8 Å². The van der Waals surface area contributed by atoms with E-state index in [1.54, 1.807) is 18.0 Å². The molecular formula is C17H16N4O. The molecular weight excluding hydrogens is 276 g/mol. The lowest BCUT2D eigenvalue weighted by Crippen LogP contribution is -1.98. The van der Waals surface area contributed by atoms with E-state index in [1.807, 2.05) is 32.2 Å². The molecule has 0 N–H and O–H groups in total. The van der Waals surface area contributed by atoms with E-state index in [0.717, 1.165) is 39.0 Å². The molecule has 5 heteroatoms. The van der Waals surface area contributed by atoms with Crippen LogP contribution in [0.3, 0.4) is 0 Å². The second kappa shape index (κ2) is 5.15. The van der Waals surface area contributed by atoms with Crippen molar-refractivity contribution in [2.75, 3.05) is 7.11 Å². The molecule has 22 heavy (non-hydrogen) atoms. The maximum absolute atomic E-state index is 9.25. The molecule has 0 radical (unpaired) electrons. The topological polar surface area (TPSA) is 63.7 Å². The first-order valence-corrected chi connectivity index (χ1v) is 6.94. The van der Waals surface area contributed by atoms with Gasteiger partial charge in [-0.1, -0.05) is 6.07 Å². The fourth-order valence-electron chi connectivity index (χ4n) is 2.90. The first-order chi connectivity index (χ1) is 10.6. The number of nitriles is 1. The van der Waals surface area contributed by atoms with Crippen molar-refractivity contribution in [1.29, 1.82) is 5.26 Å². The Balaban J connectivity index is 2.45. The van der Waals surface area contributed by atoms with Gasteiger partial charge in [-0.3, -0.25) is 4.68 Å². The third kappa shape index (κ3) is 2.01. The molecule has 2 heterocycles. The number of rotatable bonds is 2. The SMILES string of the molecule is COc1ccc(C)c(-c2cc(C#N)nc3cnn(C)c23)c1C. The van der Waals surface area contributed by atoms with Gasteiger partial charge in [0.1, 0.15) is 23.0 Å². The Bertz CT molecular complexity index is 919. The second-order valence-corrected chi connectivity index (χ2v) is 5.25. The van der Waals surface area contributed by atoms with Gasteiger partial charge in [0, 0.05) is 12.6 Å². The summed E-state index contributed by atoms with van der Waals surface area (Å²) in [7, 11) is 3.54. The summed E-state index contributed by atoms with van der Waals surface area (Å²) in [5.41, 5.74) is 6.20. The molecule has 0 aliphatic rings. The number of pyridine rings is 1. The summed E-state index contributed by atoms with van der Waals surface area (Å²) in [4.78, 5) is 4.33. The number of ether oxygens (including phenoxy) is 1. The molecule has 2 aromatic heterocycles. The highest BCUT2D eigenvalue weighted by molar-refractivity contribution is 5.94. The van der Waals surface area contributed by atoms with Gasteiger partial charge >= 0.3 is 0 Å². The highest BCUT2D eigenvalue weighted by Gasteiger charge is 2.17. The van der Waals surface area contributed by atoms with Crippen LogP contribution < -0.4 is 4.74 Å². The van der Waals surface area contributed by atoms with Gasteiger partial charge in [-0.2, -0.15) is 10.4 Å². The molecule has 0 spiro atoms. The monoisotopic (exact) mass is 292 g/mol. The molecule has 3 rings (SSSR count). The minimum Gasteiger partial charge on any atom is -0.496 e. The van der Waals surface area contributed by atoms with Crippen LogP contribution in [0.1, 0.15) is 16.8 Å². The normalized spacial score (nSPS) is 10.7. The standard InChI is InChI=1S/C17H16N4O/c1-10-5-6-15(22-4)11(2)16(10)13-7-12(8-18)20-14-9-19-21(3)17(13)14/h5-7,9H,1-4H3. The van der Waals surface area contributed by atoms with Crippen LogP contribution in [-0.4, -0.2) is 21.9 Å². The quantitative estimate of drug-likeness (QED) is 0.728. The Morgan fingerprint density at radius 1 is 1.27 bits per heavy atom. The van der Waals surface area contributed by atoms with Crippen LogP contribution in [0.5, 0.6) is 5.75 Å². The van der Waals surface area contributed by atoms with Gasteiger partial charge in [0.25, 0.3) is 0 Å². The number of aryl methyl sites for hydroxylation is 2. The lowest BCUT2D eigenvalue weighted by molar-refractivity contribution is 0.412. The van der Waals surface area contributed by atoms with Crippen LogP contribution in [-0.2, 0) is 7.05 Å². The van der Waals surface area contributed by atoms with Crippen molar-refractivity contribution in [2.45, 2.75) is 13.8 Å². The number of hydrogen-bond acceptors (Lipinski definition) is 4.